The maximum Gasteiger partial charge on any atom is 0.142 e. The number of piperazine rings is 1. The number of hydrogen-bond acceptors (Lipinski definition) is 5. The van der Waals surface area contributed by atoms with Crippen molar-refractivity contribution < 1.29 is 14.6 Å². The highest BCUT2D eigenvalue weighted by Crippen LogP contribution is 2.32. The molecule has 1 aliphatic heterocycles. The quantitative estimate of drug-likeness (QED) is 0.748. The number of methoxy groups -OCH3 is 1. The Bertz CT molecular complexity index is 823. The van der Waals surface area contributed by atoms with Crippen LogP contribution in [0.1, 0.15) is 31.9 Å². The van der Waals surface area contributed by atoms with Crippen LogP contribution in [0.5, 0.6) is 11.5 Å². The lowest BCUT2D eigenvalue weighted by Gasteiger charge is -2.37. The molecule has 0 radical (unpaired) electrons. The van der Waals surface area contributed by atoms with E-state index in [1.54, 1.807) is 7.11 Å². The normalized spacial score (nSPS) is 16.4. The van der Waals surface area contributed by atoms with E-state index >= 15 is 0 Å². The van der Waals surface area contributed by atoms with Crippen molar-refractivity contribution in [1.29, 1.82) is 0 Å². The largest absolute Gasteiger partial charge is 0.495 e. The number of aliphatic hydroxyl groups is 1. The fraction of sp³-hybridized carbons (Fsp3) is 0.520. The second-order valence-electron chi connectivity index (χ2n) is 9.17. The summed E-state index contributed by atoms with van der Waals surface area (Å²) in [5.41, 5.74) is 3.54. The van der Waals surface area contributed by atoms with Crippen LogP contribution in [0.2, 0.25) is 0 Å². The number of hydrogen-bond donors (Lipinski definition) is 1. The van der Waals surface area contributed by atoms with Gasteiger partial charge in [0, 0.05) is 32.7 Å². The van der Waals surface area contributed by atoms with Crippen molar-refractivity contribution in [3.63, 3.8) is 0 Å². The summed E-state index contributed by atoms with van der Waals surface area (Å²) in [7, 11) is 1.71. The van der Waals surface area contributed by atoms with E-state index in [0.29, 0.717) is 13.2 Å². The van der Waals surface area contributed by atoms with Gasteiger partial charge in [-0.1, -0.05) is 50.6 Å². The van der Waals surface area contributed by atoms with Gasteiger partial charge < -0.3 is 19.5 Å². The smallest absolute Gasteiger partial charge is 0.142 e. The summed E-state index contributed by atoms with van der Waals surface area (Å²) in [6.07, 6.45) is -0.517. The molecular formula is C25H36N2O3. The molecule has 30 heavy (non-hydrogen) atoms. The molecule has 1 unspecified atom stereocenters. The van der Waals surface area contributed by atoms with Crippen molar-refractivity contribution in [2.75, 3.05) is 51.3 Å². The first-order valence-corrected chi connectivity index (χ1v) is 10.8. The molecule has 1 N–H and O–H groups in total. The van der Waals surface area contributed by atoms with Crippen LogP contribution in [0.4, 0.5) is 5.69 Å². The summed E-state index contributed by atoms with van der Waals surface area (Å²) in [5.74, 6) is 1.78. The number of β-amino-alcohol motifs (C(OH)–C–C–N with tert-alkyl or cyclic N) is 1. The van der Waals surface area contributed by atoms with Gasteiger partial charge in [0.05, 0.1) is 12.8 Å². The van der Waals surface area contributed by atoms with Gasteiger partial charge in [0.1, 0.15) is 24.2 Å². The van der Waals surface area contributed by atoms with Crippen molar-refractivity contribution in [1.82, 2.24) is 4.90 Å². The average molecular weight is 413 g/mol. The Morgan fingerprint density at radius 2 is 1.70 bits per heavy atom. The predicted octanol–water partition coefficient (Wildman–Crippen LogP) is 3.86. The van der Waals surface area contributed by atoms with Gasteiger partial charge in [-0.05, 0) is 36.1 Å². The van der Waals surface area contributed by atoms with E-state index in [9.17, 15) is 5.11 Å². The molecule has 5 heteroatoms. The monoisotopic (exact) mass is 412 g/mol. The number of rotatable bonds is 7. The number of ether oxygens (including phenoxy) is 2. The van der Waals surface area contributed by atoms with Crippen LogP contribution in [-0.4, -0.2) is 62.6 Å². The predicted molar refractivity (Wildman–Crippen MR) is 123 cm³/mol. The van der Waals surface area contributed by atoms with E-state index in [0.717, 1.165) is 43.4 Å². The highest BCUT2D eigenvalue weighted by molar-refractivity contribution is 5.58. The van der Waals surface area contributed by atoms with Crippen molar-refractivity contribution in [2.45, 2.75) is 39.2 Å². The first-order chi connectivity index (χ1) is 14.3. The lowest BCUT2D eigenvalue weighted by Crippen LogP contribution is -2.49. The van der Waals surface area contributed by atoms with E-state index in [2.05, 4.69) is 55.7 Å². The van der Waals surface area contributed by atoms with Crippen LogP contribution < -0.4 is 14.4 Å². The minimum absolute atomic E-state index is 0.00112. The summed E-state index contributed by atoms with van der Waals surface area (Å²) in [5, 5.41) is 10.6. The summed E-state index contributed by atoms with van der Waals surface area (Å²) in [6, 6.07) is 14.4. The molecule has 2 aromatic carbocycles. The Hall–Kier alpha value is -2.24. The summed E-state index contributed by atoms with van der Waals surface area (Å²) >= 11 is 0. The summed E-state index contributed by atoms with van der Waals surface area (Å²) in [6.45, 7) is 13.2. The fourth-order valence-electron chi connectivity index (χ4n) is 3.95. The Morgan fingerprint density at radius 1 is 1.00 bits per heavy atom. The van der Waals surface area contributed by atoms with Gasteiger partial charge >= 0.3 is 0 Å². The molecular weight excluding hydrogens is 376 g/mol. The summed E-state index contributed by atoms with van der Waals surface area (Å²) in [4.78, 5) is 4.65. The number of aryl methyl sites for hydroxylation is 1. The standard InChI is InChI=1S/C25H36N2O3/c1-19-10-11-23(21(16-19)25(2,3)4)30-18-20(28)17-26-12-14-27(15-13-26)22-8-6-7-9-24(22)29-5/h6-11,16,20,28H,12-15,17-18H2,1-5H3. The van der Waals surface area contributed by atoms with E-state index in [1.807, 2.05) is 24.3 Å². The lowest BCUT2D eigenvalue weighted by molar-refractivity contribution is 0.0656. The van der Waals surface area contributed by atoms with Gasteiger partial charge in [0.25, 0.3) is 0 Å². The van der Waals surface area contributed by atoms with E-state index in [-0.39, 0.29) is 5.41 Å². The zero-order chi connectivity index (χ0) is 21.7. The zero-order valence-electron chi connectivity index (χ0n) is 19.0. The van der Waals surface area contributed by atoms with Gasteiger partial charge in [0.15, 0.2) is 0 Å². The molecule has 0 amide bonds. The van der Waals surface area contributed by atoms with E-state index in [1.165, 1.54) is 11.1 Å². The molecule has 2 aromatic rings. The van der Waals surface area contributed by atoms with Crippen LogP contribution in [-0.2, 0) is 5.41 Å². The first kappa shape index (κ1) is 22.4. The lowest BCUT2D eigenvalue weighted by atomic mass is 9.85. The van der Waals surface area contributed by atoms with Crippen LogP contribution in [0, 0.1) is 6.92 Å². The van der Waals surface area contributed by atoms with E-state index in [4.69, 9.17) is 9.47 Å². The molecule has 0 saturated carbocycles. The van der Waals surface area contributed by atoms with Crippen LogP contribution in [0.25, 0.3) is 0 Å². The van der Waals surface area contributed by atoms with Gasteiger partial charge in [-0.2, -0.15) is 0 Å². The minimum Gasteiger partial charge on any atom is -0.495 e. The highest BCUT2D eigenvalue weighted by atomic mass is 16.5. The number of para-hydroxylation sites is 2. The molecule has 0 aliphatic carbocycles. The van der Waals surface area contributed by atoms with Crippen molar-refractivity contribution in [3.05, 3.63) is 53.6 Å². The second kappa shape index (κ2) is 9.71. The molecule has 1 fully saturated rings. The molecule has 1 saturated heterocycles. The zero-order valence-corrected chi connectivity index (χ0v) is 19.0. The number of aliphatic hydroxyl groups excluding tert-OH is 1. The van der Waals surface area contributed by atoms with Crippen molar-refractivity contribution >= 4 is 5.69 Å². The molecule has 1 atom stereocenters. The van der Waals surface area contributed by atoms with Crippen LogP contribution >= 0.6 is 0 Å². The molecule has 1 heterocycles. The Kier molecular flexibility index (Phi) is 7.27. The van der Waals surface area contributed by atoms with Gasteiger partial charge in [-0.25, -0.2) is 0 Å². The van der Waals surface area contributed by atoms with Crippen molar-refractivity contribution in [2.24, 2.45) is 0 Å². The molecule has 0 bridgehead atoms. The Balaban J connectivity index is 1.51. The number of benzene rings is 2. The Labute approximate surface area is 181 Å². The summed E-state index contributed by atoms with van der Waals surface area (Å²) < 4.78 is 11.5. The SMILES string of the molecule is COc1ccccc1N1CCN(CC(O)COc2ccc(C)cc2C(C)(C)C)CC1. The van der Waals surface area contributed by atoms with E-state index < -0.39 is 6.10 Å². The van der Waals surface area contributed by atoms with Gasteiger partial charge in [0.2, 0.25) is 0 Å². The number of anilines is 1. The van der Waals surface area contributed by atoms with Gasteiger partial charge in [-0.15, -0.1) is 0 Å². The third kappa shape index (κ3) is 5.67. The van der Waals surface area contributed by atoms with Crippen molar-refractivity contribution in [3.8, 4) is 11.5 Å². The Morgan fingerprint density at radius 3 is 2.37 bits per heavy atom. The topological polar surface area (TPSA) is 45.2 Å². The number of nitrogens with zero attached hydrogens (tertiary/aromatic N) is 2. The molecule has 3 rings (SSSR count). The fourth-order valence-corrected chi connectivity index (χ4v) is 3.95. The minimum atomic E-state index is -0.517. The third-order valence-corrected chi connectivity index (χ3v) is 5.64. The maximum atomic E-state index is 10.6. The van der Waals surface area contributed by atoms with Gasteiger partial charge in [-0.3, -0.25) is 4.90 Å². The average Bonchev–Trinajstić information content (AvgIpc) is 2.72. The molecule has 1 aliphatic rings. The molecule has 0 spiro atoms. The maximum absolute atomic E-state index is 10.6. The van der Waals surface area contributed by atoms with Crippen LogP contribution in [0.15, 0.2) is 42.5 Å². The molecule has 5 nitrogen and oxygen atoms in total. The molecule has 164 valence electrons. The first-order valence-electron chi connectivity index (χ1n) is 10.8. The highest BCUT2D eigenvalue weighted by Gasteiger charge is 2.23. The third-order valence-electron chi connectivity index (χ3n) is 5.64. The molecule has 0 aromatic heterocycles. The van der Waals surface area contributed by atoms with Crippen LogP contribution in [0.3, 0.4) is 0 Å². The second-order valence-corrected chi connectivity index (χ2v) is 9.17.